The van der Waals surface area contributed by atoms with E-state index >= 15 is 0 Å². The summed E-state index contributed by atoms with van der Waals surface area (Å²) in [5.74, 6) is 0.214. The maximum absolute atomic E-state index is 13.5. The first-order valence-electron chi connectivity index (χ1n) is 15.1. The molecule has 0 saturated carbocycles. The second kappa shape index (κ2) is 13.7. The Morgan fingerprint density at radius 3 is 2.38 bits per heavy atom. The lowest BCUT2D eigenvalue weighted by atomic mass is 9.98. The predicted octanol–water partition coefficient (Wildman–Crippen LogP) is 6.27. The highest BCUT2D eigenvalue weighted by atomic mass is 16.6. The van der Waals surface area contributed by atoms with E-state index in [0.717, 1.165) is 60.4 Å². The molecule has 6 rings (SSSR count). The van der Waals surface area contributed by atoms with Crippen molar-refractivity contribution in [3.05, 3.63) is 129 Å². The summed E-state index contributed by atoms with van der Waals surface area (Å²) in [4.78, 5) is 44.5. The normalized spacial score (nSPS) is 12.6. The fourth-order valence-corrected chi connectivity index (χ4v) is 5.79. The number of carbonyl (C=O) groups is 2. The van der Waals surface area contributed by atoms with E-state index in [0.29, 0.717) is 5.69 Å². The number of ether oxygens (including phenoxy) is 2. The Hall–Kier alpha value is -5.81. The minimum absolute atomic E-state index is 0.0191. The molecule has 0 aliphatic carbocycles. The Bertz CT molecular complexity index is 1980. The molecule has 2 N–H and O–H groups in total. The van der Waals surface area contributed by atoms with Crippen molar-refractivity contribution in [1.82, 2.24) is 9.88 Å². The number of nitro groups is 1. The van der Waals surface area contributed by atoms with Crippen LogP contribution in [0.25, 0.3) is 10.9 Å². The van der Waals surface area contributed by atoms with Gasteiger partial charge in [-0.3, -0.25) is 29.6 Å². The van der Waals surface area contributed by atoms with Gasteiger partial charge in [-0.15, -0.1) is 0 Å². The summed E-state index contributed by atoms with van der Waals surface area (Å²) in [5, 5.41) is 18.1. The Morgan fingerprint density at radius 2 is 1.64 bits per heavy atom. The van der Waals surface area contributed by atoms with Gasteiger partial charge in [0.15, 0.2) is 11.5 Å². The van der Waals surface area contributed by atoms with Crippen LogP contribution in [-0.2, 0) is 19.4 Å². The van der Waals surface area contributed by atoms with Crippen LogP contribution in [0.2, 0.25) is 0 Å². The van der Waals surface area contributed by atoms with Crippen LogP contribution >= 0.6 is 0 Å². The third-order valence-electron chi connectivity index (χ3n) is 8.29. The van der Waals surface area contributed by atoms with Gasteiger partial charge >= 0.3 is 0 Å². The Balaban J connectivity index is 1.12. The highest BCUT2D eigenvalue weighted by Crippen LogP contribution is 2.33. The van der Waals surface area contributed by atoms with Crippen LogP contribution in [0.1, 0.15) is 37.4 Å². The second-order valence-electron chi connectivity index (χ2n) is 11.2. The summed E-state index contributed by atoms with van der Waals surface area (Å²) in [7, 11) is 3.28. The highest BCUT2D eigenvalue weighted by Gasteiger charge is 2.26. The fourth-order valence-electron chi connectivity index (χ4n) is 5.79. The molecule has 1 aromatic heterocycles. The zero-order valence-electron chi connectivity index (χ0n) is 26.0. The monoisotopic (exact) mass is 631 g/mol. The maximum atomic E-state index is 13.5. The number of nitrogens with zero attached hydrogens (tertiary/aromatic N) is 3. The number of aromatic nitrogens is 1. The molecule has 0 atom stereocenters. The summed E-state index contributed by atoms with van der Waals surface area (Å²) < 4.78 is 10.9. The van der Waals surface area contributed by atoms with Crippen molar-refractivity contribution >= 4 is 39.8 Å². The number of fused-ring (bicyclic) bond motifs is 2. The van der Waals surface area contributed by atoms with Crippen molar-refractivity contribution in [3.63, 3.8) is 0 Å². The molecule has 0 saturated heterocycles. The lowest BCUT2D eigenvalue weighted by Crippen LogP contribution is -2.32. The Labute approximate surface area is 271 Å². The molecule has 1 aliphatic rings. The molecule has 11 heteroatoms. The average Bonchev–Trinajstić information content (AvgIpc) is 3.10. The largest absolute Gasteiger partial charge is 0.493 e. The first kappa shape index (κ1) is 31.2. The number of anilines is 2. The van der Waals surface area contributed by atoms with Crippen LogP contribution in [-0.4, -0.2) is 53.9 Å². The van der Waals surface area contributed by atoms with Crippen LogP contribution in [0.5, 0.6) is 11.5 Å². The molecule has 4 aromatic carbocycles. The average molecular weight is 632 g/mol. The van der Waals surface area contributed by atoms with Crippen LogP contribution in [0, 0.1) is 10.1 Å². The number of pyridine rings is 1. The van der Waals surface area contributed by atoms with Crippen LogP contribution in [0.15, 0.2) is 91.1 Å². The molecule has 2 amide bonds. The molecule has 0 radical (unpaired) electrons. The van der Waals surface area contributed by atoms with Gasteiger partial charge in [0.1, 0.15) is 5.56 Å². The van der Waals surface area contributed by atoms with Gasteiger partial charge in [-0.25, -0.2) is 0 Å². The highest BCUT2D eigenvalue weighted by molar-refractivity contribution is 6.15. The molecule has 238 valence electrons. The third kappa shape index (κ3) is 6.90. The number of rotatable bonds is 10. The Morgan fingerprint density at radius 1 is 0.894 bits per heavy atom. The van der Waals surface area contributed by atoms with Crippen molar-refractivity contribution in [1.29, 1.82) is 0 Å². The summed E-state index contributed by atoms with van der Waals surface area (Å²) in [6.45, 7) is 2.60. The van der Waals surface area contributed by atoms with Gasteiger partial charge in [0.25, 0.3) is 17.5 Å². The molecular formula is C36H33N5O6. The zero-order valence-corrected chi connectivity index (χ0v) is 26.0. The summed E-state index contributed by atoms with van der Waals surface area (Å²) in [5.41, 5.74) is 4.39. The third-order valence-corrected chi connectivity index (χ3v) is 8.29. The number of hydrogen-bond acceptors (Lipinski definition) is 8. The van der Waals surface area contributed by atoms with Crippen LogP contribution < -0.4 is 20.1 Å². The molecular weight excluding hydrogens is 598 g/mol. The van der Waals surface area contributed by atoms with E-state index in [1.165, 1.54) is 35.5 Å². The van der Waals surface area contributed by atoms with E-state index in [-0.39, 0.29) is 16.8 Å². The van der Waals surface area contributed by atoms with Gasteiger partial charge in [0.2, 0.25) is 0 Å². The molecule has 47 heavy (non-hydrogen) atoms. The number of carbonyl (C=O) groups excluding carboxylic acids is 2. The van der Waals surface area contributed by atoms with Gasteiger partial charge in [-0.2, -0.15) is 0 Å². The first-order chi connectivity index (χ1) is 22.8. The summed E-state index contributed by atoms with van der Waals surface area (Å²) in [6.07, 6.45) is 3.16. The number of benzene rings is 4. The molecule has 0 bridgehead atoms. The molecule has 11 nitrogen and oxygen atoms in total. The van der Waals surface area contributed by atoms with Crippen molar-refractivity contribution in [2.45, 2.75) is 19.4 Å². The SMILES string of the molecule is COc1cc2c(cc1OC)CN(CCc1ccc(NC(=O)c3c(NC(=O)c4cnc5ccccc5c4)cccc3[N+](=O)[O-])cc1)CC2. The van der Waals surface area contributed by atoms with Gasteiger partial charge < -0.3 is 20.1 Å². The molecule has 0 spiro atoms. The number of methoxy groups -OCH3 is 2. The fraction of sp³-hybridized carbons (Fsp3) is 0.194. The maximum Gasteiger partial charge on any atom is 0.284 e. The van der Waals surface area contributed by atoms with E-state index in [2.05, 4.69) is 26.6 Å². The zero-order chi connectivity index (χ0) is 32.9. The smallest absolute Gasteiger partial charge is 0.284 e. The first-order valence-corrected chi connectivity index (χ1v) is 15.1. The molecule has 2 heterocycles. The second-order valence-corrected chi connectivity index (χ2v) is 11.2. The summed E-state index contributed by atoms with van der Waals surface area (Å²) >= 11 is 0. The molecule has 5 aromatic rings. The number of nitro benzene ring substituents is 1. The quantitative estimate of drug-likeness (QED) is 0.136. The van der Waals surface area contributed by atoms with E-state index in [9.17, 15) is 19.7 Å². The Kier molecular flexibility index (Phi) is 9.07. The van der Waals surface area contributed by atoms with Crippen molar-refractivity contribution in [2.75, 3.05) is 37.9 Å². The van der Waals surface area contributed by atoms with Crippen molar-refractivity contribution in [3.8, 4) is 11.5 Å². The molecule has 0 fully saturated rings. The van der Waals surface area contributed by atoms with Crippen molar-refractivity contribution < 1.29 is 24.0 Å². The minimum Gasteiger partial charge on any atom is -0.493 e. The van der Waals surface area contributed by atoms with Crippen molar-refractivity contribution in [2.24, 2.45) is 0 Å². The summed E-state index contributed by atoms with van der Waals surface area (Å²) in [6, 6.07) is 24.6. The topological polar surface area (TPSA) is 136 Å². The molecule has 0 unspecified atom stereocenters. The number of nitrogens with one attached hydrogen (secondary N) is 2. The number of hydrogen-bond donors (Lipinski definition) is 2. The van der Waals surface area contributed by atoms with Crippen LogP contribution in [0.4, 0.5) is 17.1 Å². The van der Waals surface area contributed by atoms with E-state index < -0.39 is 22.4 Å². The van der Waals surface area contributed by atoms with Gasteiger partial charge in [-0.1, -0.05) is 36.4 Å². The van der Waals surface area contributed by atoms with Gasteiger partial charge in [0, 0.05) is 43.0 Å². The van der Waals surface area contributed by atoms with E-state index in [4.69, 9.17) is 9.47 Å². The predicted molar refractivity (Wildman–Crippen MR) is 179 cm³/mol. The van der Waals surface area contributed by atoms with Crippen LogP contribution in [0.3, 0.4) is 0 Å². The standard InChI is InChI=1S/C36H33N5O6/c1-46-32-19-24-15-17-40(22-27(24)20-33(32)47-2)16-14-23-10-12-28(13-11-23)38-36(43)34-30(8-5-9-31(34)41(44)45)39-35(42)26-18-25-6-3-4-7-29(25)37-21-26/h3-13,18-21H,14-17,22H2,1-2H3,(H,38,43)(H,39,42). The van der Waals surface area contributed by atoms with Gasteiger partial charge in [-0.05, 0) is 72.0 Å². The minimum atomic E-state index is -0.712. The lowest BCUT2D eigenvalue weighted by molar-refractivity contribution is -0.385. The van der Waals surface area contributed by atoms with E-state index in [1.807, 2.05) is 42.5 Å². The number of amides is 2. The van der Waals surface area contributed by atoms with Gasteiger partial charge in [0.05, 0.1) is 35.9 Å². The lowest BCUT2D eigenvalue weighted by Gasteiger charge is -2.29. The van der Waals surface area contributed by atoms with E-state index in [1.54, 1.807) is 32.4 Å². The number of para-hydroxylation sites is 1. The molecule has 1 aliphatic heterocycles.